The van der Waals surface area contributed by atoms with Crippen molar-refractivity contribution < 1.29 is 4.79 Å². The third-order valence-electron chi connectivity index (χ3n) is 4.29. The zero-order chi connectivity index (χ0) is 14.8. The highest BCUT2D eigenvalue weighted by molar-refractivity contribution is 7.19. The number of hydrogen-bond acceptors (Lipinski definition) is 3. The van der Waals surface area contributed by atoms with E-state index in [1.165, 1.54) is 20.5 Å². The Kier molecular flexibility index (Phi) is 4.27. The zero-order valence-corrected chi connectivity index (χ0v) is 13.5. The number of hydrogen-bond donors (Lipinski definition) is 1. The van der Waals surface area contributed by atoms with Crippen LogP contribution < -0.4 is 5.32 Å². The lowest BCUT2D eigenvalue weighted by Gasteiger charge is -2.18. The Morgan fingerprint density at radius 3 is 2.76 bits per heavy atom. The molecule has 1 saturated heterocycles. The van der Waals surface area contributed by atoms with Crippen LogP contribution in [0.1, 0.15) is 36.2 Å². The summed E-state index contributed by atoms with van der Waals surface area (Å²) in [7, 11) is 0. The van der Waals surface area contributed by atoms with Crippen molar-refractivity contribution in [2.24, 2.45) is 0 Å². The van der Waals surface area contributed by atoms with Gasteiger partial charge in [0.15, 0.2) is 0 Å². The van der Waals surface area contributed by atoms with Gasteiger partial charge in [0, 0.05) is 28.7 Å². The maximum Gasteiger partial charge on any atom is 0.236 e. The molecule has 0 spiro atoms. The van der Waals surface area contributed by atoms with Crippen molar-refractivity contribution in [3.8, 4) is 0 Å². The van der Waals surface area contributed by atoms with E-state index in [0.29, 0.717) is 6.54 Å². The van der Waals surface area contributed by atoms with Gasteiger partial charge in [0.1, 0.15) is 0 Å². The number of aryl methyl sites for hydroxylation is 1. The van der Waals surface area contributed by atoms with Crippen LogP contribution in [0, 0.1) is 6.92 Å². The Balaban J connectivity index is 1.67. The molecule has 1 aliphatic heterocycles. The van der Waals surface area contributed by atoms with Gasteiger partial charge in [0.2, 0.25) is 5.91 Å². The molecular weight excluding hydrogens is 280 g/mol. The molecule has 1 unspecified atom stereocenters. The van der Waals surface area contributed by atoms with Crippen LogP contribution in [0.15, 0.2) is 24.3 Å². The van der Waals surface area contributed by atoms with E-state index in [-0.39, 0.29) is 11.9 Å². The van der Waals surface area contributed by atoms with E-state index < -0.39 is 0 Å². The second kappa shape index (κ2) is 6.16. The van der Waals surface area contributed by atoms with E-state index in [0.717, 1.165) is 25.9 Å². The molecule has 1 aromatic carbocycles. The molecule has 112 valence electrons. The Morgan fingerprint density at radius 1 is 1.33 bits per heavy atom. The predicted octanol–water partition coefficient (Wildman–Crippen LogP) is 3.48. The fourth-order valence-corrected chi connectivity index (χ4v) is 4.26. The van der Waals surface area contributed by atoms with E-state index in [2.05, 4.69) is 43.4 Å². The van der Waals surface area contributed by atoms with E-state index in [1.54, 1.807) is 0 Å². The Hall–Kier alpha value is -1.39. The van der Waals surface area contributed by atoms with Crippen molar-refractivity contribution in [2.75, 3.05) is 19.6 Å². The van der Waals surface area contributed by atoms with Crippen molar-refractivity contribution >= 4 is 27.3 Å². The van der Waals surface area contributed by atoms with E-state index in [4.69, 9.17) is 0 Å². The first-order valence-electron chi connectivity index (χ1n) is 7.66. The second-order valence-electron chi connectivity index (χ2n) is 5.78. The molecule has 4 heteroatoms. The van der Waals surface area contributed by atoms with Crippen molar-refractivity contribution in [3.63, 3.8) is 0 Å². The molecule has 1 aliphatic rings. The molecule has 3 rings (SSSR count). The number of carbonyl (C=O) groups is 1. The van der Waals surface area contributed by atoms with Crippen LogP contribution in [0.4, 0.5) is 0 Å². The lowest BCUT2D eigenvalue weighted by atomic mass is 10.1. The molecular formula is C17H22N2OS. The van der Waals surface area contributed by atoms with Gasteiger partial charge in [-0.05, 0) is 43.7 Å². The summed E-state index contributed by atoms with van der Waals surface area (Å²) in [5.41, 5.74) is 1.34. The molecule has 2 heterocycles. The number of amides is 1. The number of thiophene rings is 1. The van der Waals surface area contributed by atoms with Crippen LogP contribution in [0.5, 0.6) is 0 Å². The Labute approximate surface area is 130 Å². The van der Waals surface area contributed by atoms with E-state index in [9.17, 15) is 4.79 Å². The van der Waals surface area contributed by atoms with Crippen molar-refractivity contribution in [1.29, 1.82) is 0 Å². The largest absolute Gasteiger partial charge is 0.342 e. The summed E-state index contributed by atoms with van der Waals surface area (Å²) in [6, 6.07) is 8.72. The van der Waals surface area contributed by atoms with Crippen LogP contribution in [0.25, 0.3) is 10.1 Å². The van der Waals surface area contributed by atoms with E-state index in [1.807, 2.05) is 16.2 Å². The summed E-state index contributed by atoms with van der Waals surface area (Å²) < 4.78 is 1.32. The van der Waals surface area contributed by atoms with Gasteiger partial charge in [-0.2, -0.15) is 0 Å². The maximum atomic E-state index is 12.1. The average Bonchev–Trinajstić information content (AvgIpc) is 3.13. The number of carbonyl (C=O) groups excluding carboxylic acids is 1. The summed E-state index contributed by atoms with van der Waals surface area (Å²) in [4.78, 5) is 15.4. The molecule has 1 fully saturated rings. The van der Waals surface area contributed by atoms with Gasteiger partial charge in [0.05, 0.1) is 6.54 Å². The highest BCUT2D eigenvalue weighted by Crippen LogP contribution is 2.34. The fourth-order valence-electron chi connectivity index (χ4n) is 3.02. The maximum absolute atomic E-state index is 12.1. The lowest BCUT2D eigenvalue weighted by Crippen LogP contribution is -2.37. The Bertz CT molecular complexity index is 643. The van der Waals surface area contributed by atoms with Gasteiger partial charge in [-0.15, -0.1) is 11.3 Å². The summed E-state index contributed by atoms with van der Waals surface area (Å²) in [5, 5.41) is 4.73. The standard InChI is InChI=1S/C17H22N2OS/c1-12-14-7-3-4-8-15(14)21-17(12)13(2)18-11-16(20)19-9-5-6-10-19/h3-4,7-8,13,18H,5-6,9-11H2,1-2H3. The highest BCUT2D eigenvalue weighted by atomic mass is 32.1. The van der Waals surface area contributed by atoms with Gasteiger partial charge >= 0.3 is 0 Å². The third kappa shape index (κ3) is 2.97. The molecule has 0 bridgehead atoms. The van der Waals surface area contributed by atoms with Gasteiger partial charge in [-0.1, -0.05) is 18.2 Å². The molecule has 3 nitrogen and oxygen atoms in total. The molecule has 0 saturated carbocycles. The minimum Gasteiger partial charge on any atom is -0.342 e. The minimum absolute atomic E-state index is 0.217. The van der Waals surface area contributed by atoms with Gasteiger partial charge in [-0.3, -0.25) is 4.79 Å². The normalized spacial score (nSPS) is 16.6. The summed E-state index contributed by atoms with van der Waals surface area (Å²) in [5.74, 6) is 0.234. The lowest BCUT2D eigenvalue weighted by molar-refractivity contribution is -0.129. The number of benzene rings is 1. The summed E-state index contributed by atoms with van der Waals surface area (Å²) in [6.07, 6.45) is 2.30. The average molecular weight is 302 g/mol. The molecule has 1 N–H and O–H groups in total. The Morgan fingerprint density at radius 2 is 2.05 bits per heavy atom. The predicted molar refractivity (Wildman–Crippen MR) is 88.8 cm³/mol. The van der Waals surface area contributed by atoms with Gasteiger partial charge < -0.3 is 10.2 Å². The number of fused-ring (bicyclic) bond motifs is 1. The molecule has 0 radical (unpaired) electrons. The highest BCUT2D eigenvalue weighted by Gasteiger charge is 2.19. The second-order valence-corrected chi connectivity index (χ2v) is 6.86. The monoisotopic (exact) mass is 302 g/mol. The van der Waals surface area contributed by atoms with Crippen molar-refractivity contribution in [2.45, 2.75) is 32.7 Å². The summed E-state index contributed by atoms with van der Waals surface area (Å²) in [6.45, 7) is 6.62. The minimum atomic E-state index is 0.217. The molecule has 2 aromatic rings. The fraction of sp³-hybridized carbons (Fsp3) is 0.471. The smallest absolute Gasteiger partial charge is 0.236 e. The van der Waals surface area contributed by atoms with Crippen LogP contribution in [-0.4, -0.2) is 30.4 Å². The summed E-state index contributed by atoms with van der Waals surface area (Å²) >= 11 is 1.83. The molecule has 21 heavy (non-hydrogen) atoms. The van der Waals surface area contributed by atoms with E-state index >= 15 is 0 Å². The first-order valence-corrected chi connectivity index (χ1v) is 8.47. The molecule has 1 atom stereocenters. The van der Waals surface area contributed by atoms with Gasteiger partial charge in [0.25, 0.3) is 0 Å². The number of likely N-dealkylation sites (tertiary alicyclic amines) is 1. The van der Waals surface area contributed by atoms with Crippen LogP contribution in [-0.2, 0) is 4.79 Å². The number of nitrogens with zero attached hydrogens (tertiary/aromatic N) is 1. The molecule has 1 amide bonds. The van der Waals surface area contributed by atoms with Crippen LogP contribution >= 0.6 is 11.3 Å². The van der Waals surface area contributed by atoms with Crippen LogP contribution in [0.2, 0.25) is 0 Å². The number of nitrogens with one attached hydrogen (secondary N) is 1. The van der Waals surface area contributed by atoms with Crippen molar-refractivity contribution in [3.05, 3.63) is 34.7 Å². The first-order chi connectivity index (χ1) is 10.2. The topological polar surface area (TPSA) is 32.3 Å². The quantitative estimate of drug-likeness (QED) is 0.938. The SMILES string of the molecule is Cc1c(C(C)NCC(=O)N2CCCC2)sc2ccccc12. The number of rotatable bonds is 4. The molecule has 0 aliphatic carbocycles. The molecule has 1 aromatic heterocycles. The van der Waals surface area contributed by atoms with Gasteiger partial charge in [-0.25, -0.2) is 0 Å². The van der Waals surface area contributed by atoms with Crippen LogP contribution in [0.3, 0.4) is 0 Å². The third-order valence-corrected chi connectivity index (χ3v) is 5.75. The zero-order valence-electron chi connectivity index (χ0n) is 12.7. The van der Waals surface area contributed by atoms with Crippen molar-refractivity contribution in [1.82, 2.24) is 10.2 Å². The first kappa shape index (κ1) is 14.5.